The van der Waals surface area contributed by atoms with Gasteiger partial charge in [0.25, 0.3) is 5.91 Å². The maximum atomic E-state index is 12.7. The molecule has 1 amide bonds. The Balaban J connectivity index is 1.20. The van der Waals surface area contributed by atoms with E-state index < -0.39 is 6.10 Å². The van der Waals surface area contributed by atoms with E-state index in [2.05, 4.69) is 22.8 Å². The van der Waals surface area contributed by atoms with Crippen molar-refractivity contribution >= 4 is 5.91 Å². The minimum absolute atomic E-state index is 0.0928. The number of allylic oxidation sites excluding steroid dienone is 5. The molecular formula is C26H26N2O4. The molecule has 2 aromatic carbocycles. The fraction of sp³-hybridized carbons (Fsp3) is 0.269. The number of carbonyl (C=O) groups is 1. The van der Waals surface area contributed by atoms with E-state index in [0.717, 1.165) is 11.3 Å². The lowest BCUT2D eigenvalue weighted by Gasteiger charge is -2.50. The summed E-state index contributed by atoms with van der Waals surface area (Å²) in [5.41, 5.74) is 6.53. The van der Waals surface area contributed by atoms with Crippen LogP contribution in [0.3, 0.4) is 0 Å². The van der Waals surface area contributed by atoms with Gasteiger partial charge in [0.05, 0.1) is 6.10 Å². The van der Waals surface area contributed by atoms with Crippen LogP contribution in [0.25, 0.3) is 0 Å². The number of amides is 1. The number of aliphatic hydroxyl groups is 1. The van der Waals surface area contributed by atoms with Crippen LogP contribution in [0.15, 0.2) is 77.0 Å². The largest absolute Gasteiger partial charge is 0.508 e. The smallest absolute Gasteiger partial charge is 0.255 e. The molecule has 3 aliphatic rings. The Labute approximate surface area is 186 Å². The summed E-state index contributed by atoms with van der Waals surface area (Å²) in [5.74, 6) is 0.213. The van der Waals surface area contributed by atoms with Gasteiger partial charge in [-0.2, -0.15) is 0 Å². The summed E-state index contributed by atoms with van der Waals surface area (Å²) >= 11 is 0. The minimum Gasteiger partial charge on any atom is -0.508 e. The fourth-order valence-corrected chi connectivity index (χ4v) is 4.62. The van der Waals surface area contributed by atoms with E-state index in [1.807, 2.05) is 38.1 Å². The Morgan fingerprint density at radius 3 is 2.47 bits per heavy atom. The fourth-order valence-electron chi connectivity index (χ4n) is 4.62. The Bertz CT molecular complexity index is 1200. The molecule has 5 rings (SSSR count). The molecule has 0 radical (unpaired) electrons. The zero-order valence-corrected chi connectivity index (χ0v) is 18.0. The van der Waals surface area contributed by atoms with Crippen LogP contribution in [0, 0.1) is 5.92 Å². The molecule has 1 unspecified atom stereocenters. The molecule has 3 aliphatic carbocycles. The Morgan fingerprint density at radius 2 is 1.84 bits per heavy atom. The van der Waals surface area contributed by atoms with Crippen molar-refractivity contribution in [3.63, 3.8) is 0 Å². The number of hydrogen-bond donors (Lipinski definition) is 5. The van der Waals surface area contributed by atoms with Gasteiger partial charge in [0, 0.05) is 35.3 Å². The van der Waals surface area contributed by atoms with E-state index in [0.29, 0.717) is 23.5 Å². The molecule has 164 valence electrons. The van der Waals surface area contributed by atoms with Crippen LogP contribution in [0.1, 0.15) is 41.4 Å². The molecule has 2 atom stereocenters. The van der Waals surface area contributed by atoms with E-state index in [4.69, 9.17) is 0 Å². The average molecular weight is 431 g/mol. The highest BCUT2D eigenvalue weighted by atomic mass is 16.3. The molecule has 0 heterocycles. The van der Waals surface area contributed by atoms with Crippen molar-refractivity contribution in [3.8, 4) is 11.5 Å². The van der Waals surface area contributed by atoms with Gasteiger partial charge in [-0.05, 0) is 72.4 Å². The number of β-amino-alcohol motifs (C(OH)–C–C–N with tert-alkyl or cyclic N) is 1. The van der Waals surface area contributed by atoms with Crippen molar-refractivity contribution in [2.75, 3.05) is 6.54 Å². The average Bonchev–Trinajstić information content (AvgIpc) is 2.72. The van der Waals surface area contributed by atoms with Crippen LogP contribution in [0.5, 0.6) is 11.5 Å². The Hall–Kier alpha value is -3.35. The first kappa shape index (κ1) is 20.5. The molecule has 0 saturated heterocycles. The number of benzene rings is 2. The first-order valence-electron chi connectivity index (χ1n) is 10.7. The molecule has 0 aliphatic heterocycles. The Morgan fingerprint density at radius 1 is 1.09 bits per heavy atom. The molecular weight excluding hydrogens is 404 g/mol. The molecule has 6 nitrogen and oxygen atoms in total. The minimum atomic E-state index is -0.882. The van der Waals surface area contributed by atoms with Gasteiger partial charge in [0.2, 0.25) is 0 Å². The van der Waals surface area contributed by atoms with E-state index in [9.17, 15) is 20.1 Å². The summed E-state index contributed by atoms with van der Waals surface area (Å²) in [6.45, 7) is 4.30. The van der Waals surface area contributed by atoms with Crippen molar-refractivity contribution in [2.24, 2.45) is 5.92 Å². The Kier molecular flexibility index (Phi) is 4.73. The van der Waals surface area contributed by atoms with Crippen LogP contribution in [0.2, 0.25) is 0 Å². The third-order valence-electron chi connectivity index (χ3n) is 6.33. The quantitative estimate of drug-likeness (QED) is 0.443. The van der Waals surface area contributed by atoms with Crippen molar-refractivity contribution < 1.29 is 20.1 Å². The molecule has 6 heteroatoms. The maximum Gasteiger partial charge on any atom is 0.255 e. The van der Waals surface area contributed by atoms with Crippen molar-refractivity contribution in [1.29, 1.82) is 0 Å². The third kappa shape index (κ3) is 3.61. The summed E-state index contributed by atoms with van der Waals surface area (Å²) < 4.78 is 0. The zero-order valence-electron chi connectivity index (χ0n) is 18.0. The van der Waals surface area contributed by atoms with Crippen LogP contribution in [-0.2, 0) is 6.42 Å². The third-order valence-corrected chi connectivity index (χ3v) is 6.33. The van der Waals surface area contributed by atoms with Crippen LogP contribution < -0.4 is 10.6 Å². The summed E-state index contributed by atoms with van der Waals surface area (Å²) in [7, 11) is 0. The lowest BCUT2D eigenvalue weighted by Crippen LogP contribution is -2.44. The lowest BCUT2D eigenvalue weighted by atomic mass is 9.56. The number of aliphatic hydroxyl groups excluding tert-OH is 1. The second kappa shape index (κ2) is 7.36. The SMILES string of the molecule is CC(C)(Cc1cccc(C(=O)NC2=C3C=C4C=C2C43)c1)NC[C@H](O)c1cc(O)cc(O)c1. The predicted octanol–water partition coefficient (Wildman–Crippen LogP) is 3.24. The molecule has 5 N–H and O–H groups in total. The number of aromatic hydroxyl groups is 2. The van der Waals surface area contributed by atoms with Crippen molar-refractivity contribution in [2.45, 2.75) is 31.9 Å². The zero-order chi connectivity index (χ0) is 22.6. The van der Waals surface area contributed by atoms with Gasteiger partial charge >= 0.3 is 0 Å². The van der Waals surface area contributed by atoms with E-state index in [1.54, 1.807) is 0 Å². The molecule has 32 heavy (non-hydrogen) atoms. The van der Waals surface area contributed by atoms with Crippen LogP contribution in [0.4, 0.5) is 0 Å². The van der Waals surface area contributed by atoms with Gasteiger partial charge in [-0.25, -0.2) is 0 Å². The summed E-state index contributed by atoms with van der Waals surface area (Å²) in [6, 6.07) is 11.7. The van der Waals surface area contributed by atoms with Crippen molar-refractivity contribution in [3.05, 3.63) is 93.7 Å². The van der Waals surface area contributed by atoms with E-state index in [-0.39, 0.29) is 29.5 Å². The highest BCUT2D eigenvalue weighted by Crippen LogP contribution is 2.59. The highest BCUT2D eigenvalue weighted by molar-refractivity contribution is 5.97. The normalized spacial score (nSPS) is 19.0. The second-order valence-corrected chi connectivity index (χ2v) is 9.40. The van der Waals surface area contributed by atoms with Gasteiger partial charge < -0.3 is 26.0 Å². The van der Waals surface area contributed by atoms with Gasteiger partial charge in [0.1, 0.15) is 11.5 Å². The van der Waals surface area contributed by atoms with Crippen LogP contribution in [-0.4, -0.2) is 33.3 Å². The molecule has 0 bridgehead atoms. The molecule has 0 saturated carbocycles. The number of nitrogens with one attached hydrogen (secondary N) is 2. The standard InChI is InChI=1S/C26H26N2O4/c1-26(2,27-13-22(31)16-7-18(29)11-19(30)8-16)12-14-4-3-5-15(6-14)25(32)28-24-20-9-17-10-21(24)23(17)20/h3-11,22-23,27,29-31H,12-13H2,1-2H3,(H,28,32)/t22-/m0/s1. The number of phenols is 2. The number of carbonyl (C=O) groups excluding carboxylic acids is 1. The maximum absolute atomic E-state index is 12.7. The summed E-state index contributed by atoms with van der Waals surface area (Å²) in [5, 5.41) is 36.1. The van der Waals surface area contributed by atoms with Gasteiger partial charge in [-0.3, -0.25) is 4.79 Å². The van der Waals surface area contributed by atoms with E-state index in [1.165, 1.54) is 34.9 Å². The van der Waals surface area contributed by atoms with Crippen molar-refractivity contribution in [1.82, 2.24) is 10.6 Å². The van der Waals surface area contributed by atoms with Crippen LogP contribution >= 0.6 is 0 Å². The lowest BCUT2D eigenvalue weighted by molar-refractivity contribution is 0.0963. The highest BCUT2D eigenvalue weighted by Gasteiger charge is 2.48. The summed E-state index contributed by atoms with van der Waals surface area (Å²) in [6.07, 6.45) is 4.03. The monoisotopic (exact) mass is 430 g/mol. The molecule has 0 fully saturated rings. The summed E-state index contributed by atoms with van der Waals surface area (Å²) in [4.78, 5) is 12.7. The second-order valence-electron chi connectivity index (χ2n) is 9.40. The number of hydrogen-bond acceptors (Lipinski definition) is 5. The topological polar surface area (TPSA) is 102 Å². The molecule has 2 aromatic rings. The van der Waals surface area contributed by atoms with E-state index >= 15 is 0 Å². The number of rotatable bonds is 8. The molecule has 0 spiro atoms. The first-order valence-corrected chi connectivity index (χ1v) is 10.7. The first-order chi connectivity index (χ1) is 15.2. The van der Waals surface area contributed by atoms with Gasteiger partial charge in [0.15, 0.2) is 0 Å². The predicted molar refractivity (Wildman–Crippen MR) is 121 cm³/mol. The number of phenolic OH excluding ortho intramolecular Hbond substituents is 2. The van der Waals surface area contributed by atoms with Gasteiger partial charge in [-0.15, -0.1) is 0 Å². The molecule has 0 aromatic heterocycles. The van der Waals surface area contributed by atoms with Gasteiger partial charge in [-0.1, -0.05) is 24.3 Å².